The van der Waals surface area contributed by atoms with E-state index in [1.807, 2.05) is 0 Å². The van der Waals surface area contributed by atoms with Crippen LogP contribution in [0.25, 0.3) is 0 Å². The fourth-order valence-corrected chi connectivity index (χ4v) is 2.74. The zero-order valence-corrected chi connectivity index (χ0v) is 13.7. The van der Waals surface area contributed by atoms with E-state index in [4.69, 9.17) is 0 Å². The van der Waals surface area contributed by atoms with Gasteiger partial charge in [0.15, 0.2) is 5.96 Å². The van der Waals surface area contributed by atoms with E-state index in [1.165, 1.54) is 0 Å². The Labute approximate surface area is 133 Å². The fourth-order valence-electron chi connectivity index (χ4n) is 2.74. The van der Waals surface area contributed by atoms with Crippen molar-refractivity contribution in [3.8, 4) is 0 Å². The number of carbonyl (C=O) groups excluding carboxylic acids is 1. The van der Waals surface area contributed by atoms with Gasteiger partial charge in [0, 0.05) is 52.9 Å². The van der Waals surface area contributed by atoms with Crippen LogP contribution in [0.2, 0.25) is 0 Å². The van der Waals surface area contributed by atoms with Gasteiger partial charge < -0.3 is 15.1 Å². The summed E-state index contributed by atoms with van der Waals surface area (Å²) in [6.45, 7) is 8.59. The molecule has 1 fully saturated rings. The minimum Gasteiger partial charge on any atom is -0.353 e. The third-order valence-electron chi connectivity index (χ3n) is 4.09. The lowest BCUT2D eigenvalue weighted by molar-refractivity contribution is -0.127. The van der Waals surface area contributed by atoms with Gasteiger partial charge in [-0.25, -0.2) is 4.99 Å². The number of amides is 1. The lowest BCUT2D eigenvalue weighted by Crippen LogP contribution is -2.43. The third kappa shape index (κ3) is 4.34. The van der Waals surface area contributed by atoms with E-state index in [-0.39, 0.29) is 12.5 Å². The molecule has 0 aromatic heterocycles. The number of carbonyl (C=O) groups is 1. The summed E-state index contributed by atoms with van der Waals surface area (Å²) in [4.78, 5) is 22.5. The highest BCUT2D eigenvalue weighted by molar-refractivity contribution is 5.85. The van der Waals surface area contributed by atoms with Gasteiger partial charge in [-0.2, -0.15) is 0 Å². The van der Waals surface area contributed by atoms with Gasteiger partial charge in [0.05, 0.1) is 0 Å². The molecule has 1 amide bonds. The van der Waals surface area contributed by atoms with Crippen LogP contribution >= 0.6 is 0 Å². The van der Waals surface area contributed by atoms with Crippen LogP contribution in [0, 0.1) is 0 Å². The molecule has 22 heavy (non-hydrogen) atoms. The highest BCUT2D eigenvalue weighted by Gasteiger charge is 2.29. The molecule has 0 radical (unpaired) electrons. The average Bonchev–Trinajstić information content (AvgIpc) is 3.17. The van der Waals surface area contributed by atoms with Crippen molar-refractivity contribution in [2.45, 2.75) is 12.5 Å². The summed E-state index contributed by atoms with van der Waals surface area (Å²) >= 11 is 0. The number of nitrogens with zero attached hydrogens (tertiary/aromatic N) is 4. The van der Waals surface area contributed by atoms with Crippen molar-refractivity contribution in [2.24, 2.45) is 4.99 Å². The predicted molar refractivity (Wildman–Crippen MR) is 89.9 cm³/mol. The number of guanidine groups is 1. The average molecular weight is 305 g/mol. The molecule has 0 aromatic rings. The van der Waals surface area contributed by atoms with Crippen molar-refractivity contribution >= 4 is 11.9 Å². The molecule has 0 aliphatic carbocycles. The molecule has 0 aromatic carbocycles. The lowest BCUT2D eigenvalue weighted by Gasteiger charge is -2.25. The Kier molecular flexibility index (Phi) is 6.00. The van der Waals surface area contributed by atoms with Crippen molar-refractivity contribution in [3.63, 3.8) is 0 Å². The summed E-state index contributed by atoms with van der Waals surface area (Å²) in [5, 5.41) is 3.27. The molecule has 6 heteroatoms. The molecule has 2 aliphatic rings. The van der Waals surface area contributed by atoms with Crippen molar-refractivity contribution in [1.82, 2.24) is 20.0 Å². The van der Waals surface area contributed by atoms with Gasteiger partial charge in [-0.1, -0.05) is 18.2 Å². The minimum absolute atomic E-state index is 0.0115. The SMILES string of the molecule is C=CCNC(=NCC(=O)N(C)C)N1CCC(N2CC=CC2)C1. The highest BCUT2D eigenvalue weighted by Crippen LogP contribution is 2.17. The summed E-state index contributed by atoms with van der Waals surface area (Å²) in [7, 11) is 3.50. The van der Waals surface area contributed by atoms with Gasteiger partial charge in [0.1, 0.15) is 6.54 Å². The van der Waals surface area contributed by atoms with Crippen LogP contribution in [-0.2, 0) is 4.79 Å². The summed E-state index contributed by atoms with van der Waals surface area (Å²) in [5.74, 6) is 0.821. The van der Waals surface area contributed by atoms with Crippen LogP contribution in [0.4, 0.5) is 0 Å². The number of likely N-dealkylation sites (tertiary alicyclic amines) is 1. The van der Waals surface area contributed by atoms with Crippen LogP contribution < -0.4 is 5.32 Å². The van der Waals surface area contributed by atoms with Crippen molar-refractivity contribution in [1.29, 1.82) is 0 Å². The Hall–Kier alpha value is -1.82. The van der Waals surface area contributed by atoms with E-state index < -0.39 is 0 Å². The van der Waals surface area contributed by atoms with E-state index in [1.54, 1.807) is 25.1 Å². The van der Waals surface area contributed by atoms with Crippen molar-refractivity contribution in [2.75, 3.05) is 53.4 Å². The number of hydrogen-bond donors (Lipinski definition) is 1. The highest BCUT2D eigenvalue weighted by atomic mass is 16.2. The smallest absolute Gasteiger partial charge is 0.243 e. The second-order valence-electron chi connectivity index (χ2n) is 5.91. The number of nitrogens with one attached hydrogen (secondary N) is 1. The number of hydrogen-bond acceptors (Lipinski definition) is 3. The third-order valence-corrected chi connectivity index (χ3v) is 4.09. The van der Waals surface area contributed by atoms with Crippen LogP contribution in [0.1, 0.15) is 6.42 Å². The van der Waals surface area contributed by atoms with E-state index >= 15 is 0 Å². The van der Waals surface area contributed by atoms with Gasteiger partial charge in [-0.3, -0.25) is 9.69 Å². The number of aliphatic imine (C=N–C) groups is 1. The first-order valence-corrected chi connectivity index (χ1v) is 7.85. The molecule has 2 rings (SSSR count). The Bertz CT molecular complexity index is 449. The molecule has 0 bridgehead atoms. The number of likely N-dealkylation sites (N-methyl/N-ethyl adjacent to an activating group) is 1. The monoisotopic (exact) mass is 305 g/mol. The van der Waals surface area contributed by atoms with Gasteiger partial charge in [-0.15, -0.1) is 6.58 Å². The maximum absolute atomic E-state index is 11.7. The number of rotatable bonds is 5. The molecule has 1 atom stereocenters. The minimum atomic E-state index is 0.0115. The Morgan fingerprint density at radius 3 is 2.82 bits per heavy atom. The molecule has 6 nitrogen and oxygen atoms in total. The van der Waals surface area contributed by atoms with Gasteiger partial charge in [-0.05, 0) is 6.42 Å². The summed E-state index contributed by atoms with van der Waals surface area (Å²) < 4.78 is 0. The van der Waals surface area contributed by atoms with E-state index in [0.717, 1.165) is 38.6 Å². The van der Waals surface area contributed by atoms with Crippen LogP contribution in [0.5, 0.6) is 0 Å². The largest absolute Gasteiger partial charge is 0.353 e. The first kappa shape index (κ1) is 16.5. The molecule has 0 spiro atoms. The fraction of sp³-hybridized carbons (Fsp3) is 0.625. The summed E-state index contributed by atoms with van der Waals surface area (Å²) in [5.41, 5.74) is 0. The van der Waals surface area contributed by atoms with Gasteiger partial charge in [0.2, 0.25) is 5.91 Å². The van der Waals surface area contributed by atoms with Crippen molar-refractivity contribution < 1.29 is 4.79 Å². The zero-order chi connectivity index (χ0) is 15.9. The van der Waals surface area contributed by atoms with Crippen LogP contribution in [0.3, 0.4) is 0 Å². The van der Waals surface area contributed by atoms with Crippen molar-refractivity contribution in [3.05, 3.63) is 24.8 Å². The summed E-state index contributed by atoms with van der Waals surface area (Å²) in [6, 6.07) is 0.565. The molecular weight excluding hydrogens is 278 g/mol. The molecule has 1 unspecified atom stereocenters. The molecule has 2 aliphatic heterocycles. The molecule has 122 valence electrons. The standard InChI is InChI=1S/C16H27N5O/c1-4-8-17-16(18-12-15(22)19(2)3)21-11-7-14(13-21)20-9-5-6-10-20/h4-6,14H,1,7-13H2,2-3H3,(H,17,18). The normalized spacial score (nSPS) is 22.2. The van der Waals surface area contributed by atoms with E-state index in [9.17, 15) is 4.79 Å². The van der Waals surface area contributed by atoms with E-state index in [0.29, 0.717) is 12.6 Å². The Balaban J connectivity index is 1.94. The van der Waals surface area contributed by atoms with Crippen LogP contribution in [0.15, 0.2) is 29.8 Å². The van der Waals surface area contributed by atoms with E-state index in [2.05, 4.69) is 38.8 Å². The first-order chi connectivity index (χ1) is 10.6. The molecule has 1 saturated heterocycles. The lowest BCUT2D eigenvalue weighted by atomic mass is 10.2. The summed E-state index contributed by atoms with van der Waals surface area (Å²) in [6.07, 6.45) is 7.39. The molecule has 0 saturated carbocycles. The second kappa shape index (κ2) is 7.98. The predicted octanol–water partition coefficient (Wildman–Crippen LogP) is 0.152. The molecular formula is C16H27N5O. The van der Waals surface area contributed by atoms with Gasteiger partial charge >= 0.3 is 0 Å². The van der Waals surface area contributed by atoms with Crippen LogP contribution in [-0.4, -0.2) is 86.0 Å². The quantitative estimate of drug-likeness (QED) is 0.446. The maximum Gasteiger partial charge on any atom is 0.243 e. The first-order valence-electron chi connectivity index (χ1n) is 7.85. The Morgan fingerprint density at radius 1 is 1.45 bits per heavy atom. The molecule has 1 N–H and O–H groups in total. The zero-order valence-electron chi connectivity index (χ0n) is 13.7. The second-order valence-corrected chi connectivity index (χ2v) is 5.91. The van der Waals surface area contributed by atoms with Gasteiger partial charge in [0.25, 0.3) is 0 Å². The maximum atomic E-state index is 11.7. The molecule has 2 heterocycles. The Morgan fingerprint density at radius 2 is 2.18 bits per heavy atom. The topological polar surface area (TPSA) is 51.2 Å².